The lowest BCUT2D eigenvalue weighted by Crippen LogP contribution is -2.25. The molecule has 0 aliphatic carbocycles. The number of fused-ring (bicyclic) bond motifs is 1. The van der Waals surface area contributed by atoms with Crippen molar-refractivity contribution in [3.05, 3.63) is 16.7 Å². The van der Waals surface area contributed by atoms with Gasteiger partial charge in [-0.05, 0) is 11.8 Å². The van der Waals surface area contributed by atoms with Gasteiger partial charge in [0.15, 0.2) is 11.2 Å². The van der Waals surface area contributed by atoms with Crippen LogP contribution in [0.5, 0.6) is 0 Å². The highest BCUT2D eigenvalue weighted by Crippen LogP contribution is 2.69. The van der Waals surface area contributed by atoms with Crippen molar-refractivity contribution in [1.29, 1.82) is 0 Å². The summed E-state index contributed by atoms with van der Waals surface area (Å²) in [5.41, 5.74) is 1.27. The van der Waals surface area contributed by atoms with Gasteiger partial charge in [0.25, 0.3) is 11.3 Å². The maximum Gasteiger partial charge on any atom is 0.487 e. The molecule has 7 N–H and O–H groups in total. The van der Waals surface area contributed by atoms with Gasteiger partial charge in [-0.3, -0.25) is 14.3 Å². The molecule has 0 spiro atoms. The number of aliphatic hydroxyl groups excluding tert-OH is 1. The number of nitrogens with zero attached hydrogens (tertiary/aromatic N) is 3. The van der Waals surface area contributed by atoms with Crippen molar-refractivity contribution in [1.82, 2.24) is 19.5 Å². The van der Waals surface area contributed by atoms with E-state index < -0.39 is 51.9 Å². The summed E-state index contributed by atoms with van der Waals surface area (Å²) in [6.45, 7) is -0.461. The van der Waals surface area contributed by atoms with E-state index in [1.807, 2.05) is 0 Å². The topological polar surface area (TPSA) is 242 Å². The Labute approximate surface area is 182 Å². The first-order chi connectivity index (χ1) is 14.2. The van der Waals surface area contributed by atoms with Gasteiger partial charge >= 0.3 is 15.6 Å². The highest BCUT2D eigenvalue weighted by atomic mass is 32.9. The number of H-pyrrole nitrogens is 1. The fraction of sp³-hybridized carbons (Fsp3) is 0.500. The third kappa shape index (κ3) is 6.42. The molecule has 0 aromatic carbocycles. The van der Waals surface area contributed by atoms with E-state index in [0.717, 1.165) is 0 Å². The molecule has 174 valence electrons. The number of hydrogen-bond donors (Lipinski definition) is 7. The Morgan fingerprint density at radius 2 is 2.06 bits per heavy atom. The third-order valence-corrected chi connectivity index (χ3v) is 9.51. The molecule has 1 aliphatic rings. The standard InChI is InChI=1S/C10H16N5O11P3S2/c11-10-13-8-7(9(17)14-10)12-3-15(8)6-1-4(16)5(24-6)2-23-29(30,31)26-28(21,22)25-27(18,19)20/h3-6,16H,1-2H2,(H,21,22)(H,30,31)(H2,18,19,20)(H3,11,13,14,17)/t4?,5?,6-/m1/s1. The average molecular weight is 539 g/mol. The van der Waals surface area contributed by atoms with Gasteiger partial charge in [0.2, 0.25) is 5.95 Å². The zero-order valence-corrected chi connectivity index (χ0v) is 19.4. The molecule has 31 heavy (non-hydrogen) atoms. The van der Waals surface area contributed by atoms with Crippen molar-refractivity contribution in [2.75, 3.05) is 12.3 Å². The first-order valence-corrected chi connectivity index (χ1v) is 14.8. The summed E-state index contributed by atoms with van der Waals surface area (Å²) in [7, 11) is -10.6. The number of thiol groups is 1. The molecule has 2 aromatic heterocycles. The van der Waals surface area contributed by atoms with Gasteiger partial charge < -0.3 is 34.8 Å². The van der Waals surface area contributed by atoms with Crippen LogP contribution in [0.4, 0.5) is 5.95 Å². The Hall–Kier alpha value is -0.710. The van der Waals surface area contributed by atoms with Crippen LogP contribution in [0.25, 0.3) is 11.2 Å². The van der Waals surface area contributed by atoms with Gasteiger partial charge in [-0.1, -0.05) is 12.2 Å². The van der Waals surface area contributed by atoms with Crippen LogP contribution in [-0.2, 0) is 38.8 Å². The van der Waals surface area contributed by atoms with Crippen molar-refractivity contribution in [3.8, 4) is 0 Å². The maximum absolute atomic E-state index is 11.9. The van der Waals surface area contributed by atoms with Crippen LogP contribution < -0.4 is 11.3 Å². The molecule has 1 aliphatic heterocycles. The monoisotopic (exact) mass is 539 g/mol. The van der Waals surface area contributed by atoms with E-state index in [2.05, 4.69) is 35.8 Å². The number of aromatic nitrogens is 4. The number of anilines is 1. The third-order valence-electron chi connectivity index (χ3n) is 3.78. The highest BCUT2D eigenvalue weighted by Gasteiger charge is 2.40. The highest BCUT2D eigenvalue weighted by molar-refractivity contribution is 8.60. The molecule has 4 unspecified atom stereocenters. The number of hydrogen-bond acceptors (Lipinski definition) is 12. The molecule has 0 saturated carbocycles. The Balaban J connectivity index is 1.67. The fourth-order valence-electron chi connectivity index (χ4n) is 2.66. The van der Waals surface area contributed by atoms with Crippen LogP contribution >= 0.6 is 33.6 Å². The minimum Gasteiger partial charge on any atom is -0.390 e. The molecule has 21 heteroatoms. The van der Waals surface area contributed by atoms with E-state index in [1.165, 1.54) is 10.9 Å². The lowest BCUT2D eigenvalue weighted by molar-refractivity contribution is -0.0373. The summed E-state index contributed by atoms with van der Waals surface area (Å²) in [4.78, 5) is 48.7. The molecule has 1 saturated heterocycles. The summed E-state index contributed by atoms with van der Waals surface area (Å²) in [5, 5.41) is 10.3. The smallest absolute Gasteiger partial charge is 0.390 e. The van der Waals surface area contributed by atoms with Crippen LogP contribution in [-0.4, -0.2) is 58.1 Å². The second-order valence-corrected chi connectivity index (χ2v) is 14.3. The van der Waals surface area contributed by atoms with Gasteiger partial charge in [0.1, 0.15) is 12.3 Å². The molecule has 0 amide bonds. The average Bonchev–Trinajstić information content (AvgIpc) is 3.13. The normalized spacial score (nSPS) is 26.0. The van der Waals surface area contributed by atoms with Crippen LogP contribution in [0.3, 0.4) is 0 Å². The number of rotatable bonds is 8. The van der Waals surface area contributed by atoms with Gasteiger partial charge in [-0.15, -0.1) is 0 Å². The molecule has 16 nitrogen and oxygen atoms in total. The van der Waals surface area contributed by atoms with Gasteiger partial charge in [0.05, 0.1) is 19.0 Å². The minimum absolute atomic E-state index is 0.00926. The minimum atomic E-state index is -5.36. The molecule has 5 atom stereocenters. The number of nitrogens with one attached hydrogen (secondary N) is 1. The molecular weight excluding hydrogens is 523 g/mol. The van der Waals surface area contributed by atoms with E-state index in [0.29, 0.717) is 0 Å². The zero-order chi connectivity index (χ0) is 23.2. The molecule has 2 aromatic rings. The lowest BCUT2D eigenvalue weighted by atomic mass is 10.2. The zero-order valence-electron chi connectivity index (χ0n) is 15.0. The van der Waals surface area contributed by atoms with Crippen LogP contribution in [0.15, 0.2) is 11.1 Å². The van der Waals surface area contributed by atoms with Crippen molar-refractivity contribution in [3.63, 3.8) is 0 Å². The summed E-state index contributed by atoms with van der Waals surface area (Å²) < 4.78 is 42.5. The Kier molecular flexibility index (Phi) is 7.16. The number of imidazole rings is 1. The molecule has 3 rings (SSSR count). The van der Waals surface area contributed by atoms with Gasteiger partial charge in [-0.25, -0.2) is 18.4 Å². The van der Waals surface area contributed by atoms with Crippen LogP contribution in [0, 0.1) is 0 Å². The van der Waals surface area contributed by atoms with E-state index in [-0.39, 0.29) is 23.5 Å². The molecule has 3 heterocycles. The molecule has 0 bridgehead atoms. The number of aromatic amines is 1. The van der Waals surface area contributed by atoms with E-state index >= 15 is 0 Å². The molecular formula is C10H16N5O11P3S2. The van der Waals surface area contributed by atoms with Gasteiger partial charge in [0, 0.05) is 6.42 Å². The van der Waals surface area contributed by atoms with Crippen molar-refractivity contribution in [2.24, 2.45) is 0 Å². The second kappa shape index (κ2) is 8.91. The Bertz CT molecular complexity index is 1180. The summed E-state index contributed by atoms with van der Waals surface area (Å²) in [6, 6.07) is 0. The quantitative estimate of drug-likeness (QED) is 0.169. The summed E-state index contributed by atoms with van der Waals surface area (Å²) in [6.07, 6.45) is -1.62. The number of aliphatic hydroxyl groups is 1. The number of nitrogen functional groups attached to an aromatic ring is 1. The van der Waals surface area contributed by atoms with Crippen molar-refractivity contribution in [2.45, 2.75) is 24.9 Å². The number of nitrogens with two attached hydrogens (primary N) is 1. The number of phosphoric acid groups is 2. The fourth-order valence-corrected chi connectivity index (χ4v) is 7.66. The predicted octanol–water partition coefficient (Wildman–Crippen LogP) is -0.253. The van der Waals surface area contributed by atoms with E-state index in [9.17, 15) is 23.9 Å². The first-order valence-electron chi connectivity index (χ1n) is 8.00. The SMILES string of the molecule is Nc1nc2c(ncn2[C@H]2CC(O)C(COP(=S)(S)OP(=O)(O)OP(=O)(O)O)O2)c(=O)[nH]1. The summed E-state index contributed by atoms with van der Waals surface area (Å²) in [5.74, 6) is -0.142. The second-order valence-electron chi connectivity index (χ2n) is 6.09. The number of ether oxygens (including phenoxy) is 1. The predicted molar refractivity (Wildman–Crippen MR) is 110 cm³/mol. The van der Waals surface area contributed by atoms with Crippen LogP contribution in [0.1, 0.15) is 12.6 Å². The summed E-state index contributed by atoms with van der Waals surface area (Å²) >= 11 is 8.59. The van der Waals surface area contributed by atoms with E-state index in [4.69, 9.17) is 36.6 Å². The molecule has 0 radical (unpaired) electrons. The molecule has 1 fully saturated rings. The lowest BCUT2D eigenvalue weighted by Gasteiger charge is -2.22. The van der Waals surface area contributed by atoms with Gasteiger partial charge in [-0.2, -0.15) is 9.29 Å². The van der Waals surface area contributed by atoms with Crippen molar-refractivity contribution >= 4 is 62.5 Å². The van der Waals surface area contributed by atoms with Crippen LogP contribution in [0.2, 0.25) is 0 Å². The Morgan fingerprint density at radius 3 is 2.71 bits per heavy atom. The van der Waals surface area contributed by atoms with Crippen molar-refractivity contribution < 1.29 is 46.8 Å². The van der Waals surface area contributed by atoms with E-state index in [1.54, 1.807) is 0 Å². The largest absolute Gasteiger partial charge is 0.487 e. The Morgan fingerprint density at radius 1 is 1.39 bits per heavy atom. The first kappa shape index (κ1) is 24.9. The maximum atomic E-state index is 11.9.